The topological polar surface area (TPSA) is 85.3 Å². The first kappa shape index (κ1) is 17.4. The predicted molar refractivity (Wildman–Crippen MR) is 110 cm³/mol. The van der Waals surface area contributed by atoms with Crippen LogP contribution >= 0.6 is 0 Å². The number of hydrogen-bond donors (Lipinski definition) is 4. The number of nitrogens with one attached hydrogen (secondary N) is 3. The molecule has 2 aromatic carbocycles. The van der Waals surface area contributed by atoms with Crippen LogP contribution in [0.25, 0.3) is 10.9 Å². The van der Waals surface area contributed by atoms with Crippen LogP contribution in [0.15, 0.2) is 42.7 Å². The van der Waals surface area contributed by atoms with Gasteiger partial charge in [0, 0.05) is 30.7 Å². The van der Waals surface area contributed by atoms with E-state index in [1.165, 1.54) is 5.69 Å². The van der Waals surface area contributed by atoms with Crippen LogP contribution in [0.1, 0.15) is 12.5 Å². The van der Waals surface area contributed by atoms with E-state index in [0.29, 0.717) is 13.1 Å². The lowest BCUT2D eigenvalue weighted by atomic mass is 10.1. The van der Waals surface area contributed by atoms with Crippen LogP contribution in [-0.2, 0) is 6.54 Å². The molecule has 7 heteroatoms. The fraction of sp³-hybridized carbons (Fsp3) is 0.300. The van der Waals surface area contributed by atoms with Crippen molar-refractivity contribution < 1.29 is 5.11 Å². The fourth-order valence-corrected chi connectivity index (χ4v) is 3.40. The van der Waals surface area contributed by atoms with Crippen LogP contribution in [0.4, 0.5) is 22.9 Å². The first-order chi connectivity index (χ1) is 13.3. The zero-order chi connectivity index (χ0) is 18.6. The summed E-state index contributed by atoms with van der Waals surface area (Å²) >= 11 is 0. The molecule has 0 amide bonds. The molecule has 1 aliphatic rings. The number of benzene rings is 2. The molecule has 3 aromatic rings. The number of hydrogen-bond acceptors (Lipinski definition) is 7. The number of para-hydroxylation sites is 1. The van der Waals surface area contributed by atoms with Crippen molar-refractivity contribution in [3.8, 4) is 0 Å². The van der Waals surface area contributed by atoms with Crippen LogP contribution in [0.3, 0.4) is 0 Å². The Morgan fingerprint density at radius 1 is 1.19 bits per heavy atom. The van der Waals surface area contributed by atoms with Crippen molar-refractivity contribution in [2.45, 2.75) is 13.5 Å². The summed E-state index contributed by atoms with van der Waals surface area (Å²) in [6.07, 6.45) is 1.60. The van der Waals surface area contributed by atoms with Gasteiger partial charge in [0.05, 0.1) is 30.2 Å². The first-order valence-electron chi connectivity index (χ1n) is 9.24. The summed E-state index contributed by atoms with van der Waals surface area (Å²) in [6, 6.07) is 12.3. The molecule has 1 aliphatic heterocycles. The molecule has 0 atom stereocenters. The van der Waals surface area contributed by atoms with Gasteiger partial charge in [-0.2, -0.15) is 0 Å². The molecule has 4 N–H and O–H groups in total. The lowest BCUT2D eigenvalue weighted by Crippen LogP contribution is -2.21. The van der Waals surface area contributed by atoms with Gasteiger partial charge in [-0.25, -0.2) is 9.97 Å². The number of nitrogens with zero attached hydrogens (tertiary/aromatic N) is 3. The molecule has 0 saturated carbocycles. The highest BCUT2D eigenvalue weighted by molar-refractivity contribution is 5.97. The molecule has 1 aromatic heterocycles. The zero-order valence-corrected chi connectivity index (χ0v) is 15.4. The van der Waals surface area contributed by atoms with Gasteiger partial charge < -0.3 is 26.0 Å². The van der Waals surface area contributed by atoms with Crippen molar-refractivity contribution in [2.75, 3.05) is 47.2 Å². The molecule has 0 aliphatic carbocycles. The van der Waals surface area contributed by atoms with Gasteiger partial charge in [0.25, 0.3) is 0 Å². The van der Waals surface area contributed by atoms with Crippen LogP contribution in [0.5, 0.6) is 0 Å². The molecule has 0 radical (unpaired) electrons. The van der Waals surface area contributed by atoms with Gasteiger partial charge in [0.2, 0.25) is 0 Å². The average molecular weight is 364 g/mol. The highest BCUT2D eigenvalue weighted by atomic mass is 16.3. The number of aliphatic hydroxyl groups excluding tert-OH is 1. The van der Waals surface area contributed by atoms with E-state index in [9.17, 15) is 0 Å². The van der Waals surface area contributed by atoms with Crippen molar-refractivity contribution in [1.29, 1.82) is 0 Å². The summed E-state index contributed by atoms with van der Waals surface area (Å²) in [6.45, 7) is 5.19. The molecular formula is C20H24N6O. The van der Waals surface area contributed by atoms with Gasteiger partial charge in [-0.15, -0.1) is 0 Å². The third kappa shape index (κ3) is 3.46. The number of aliphatic hydroxyl groups is 1. The Labute approximate surface area is 158 Å². The van der Waals surface area contributed by atoms with Gasteiger partial charge in [-0.3, -0.25) is 0 Å². The van der Waals surface area contributed by atoms with Crippen LogP contribution in [0, 0.1) is 0 Å². The summed E-state index contributed by atoms with van der Waals surface area (Å²) in [5, 5.41) is 20.2. The highest BCUT2D eigenvalue weighted by Gasteiger charge is 2.19. The van der Waals surface area contributed by atoms with E-state index in [4.69, 9.17) is 5.11 Å². The second kappa shape index (κ2) is 7.67. The lowest BCUT2D eigenvalue weighted by molar-refractivity contribution is 0.311. The molecule has 4 rings (SSSR count). The van der Waals surface area contributed by atoms with Crippen molar-refractivity contribution in [3.63, 3.8) is 0 Å². The van der Waals surface area contributed by atoms with Gasteiger partial charge in [0.15, 0.2) is 0 Å². The third-order valence-electron chi connectivity index (χ3n) is 4.83. The van der Waals surface area contributed by atoms with E-state index in [1.54, 1.807) is 6.33 Å². The van der Waals surface area contributed by atoms with Crippen LogP contribution in [0.2, 0.25) is 0 Å². The zero-order valence-electron chi connectivity index (χ0n) is 15.4. The number of aromatic nitrogens is 2. The van der Waals surface area contributed by atoms with Crippen molar-refractivity contribution >= 4 is 33.8 Å². The standard InChI is InChI=1S/C20H24N6O/c1-2-26-13-25-18-9-15-17(10-19(18)26)23-12-24-20(15)22-11-14-5-3-4-6-16(14)21-7-8-27/h3-6,9-10,12,21,25,27H,2,7-8,11,13H2,1H3,(H,22,23,24). The number of fused-ring (bicyclic) bond motifs is 2. The highest BCUT2D eigenvalue weighted by Crippen LogP contribution is 2.36. The SMILES string of the molecule is CCN1CNc2cc3c(NCc4ccccc4NCCO)ncnc3cc21. The van der Waals surface area contributed by atoms with Crippen molar-refractivity contribution in [3.05, 3.63) is 48.3 Å². The van der Waals surface area contributed by atoms with Crippen LogP contribution in [-0.4, -0.2) is 41.4 Å². The second-order valence-corrected chi connectivity index (χ2v) is 6.46. The Morgan fingerprint density at radius 2 is 2.07 bits per heavy atom. The maximum Gasteiger partial charge on any atom is 0.137 e. The molecule has 0 bridgehead atoms. The Hall–Kier alpha value is -3.06. The molecule has 0 unspecified atom stereocenters. The molecule has 140 valence electrons. The van der Waals surface area contributed by atoms with E-state index in [2.05, 4.69) is 55.9 Å². The number of anilines is 4. The normalized spacial score (nSPS) is 12.7. The van der Waals surface area contributed by atoms with Crippen LogP contribution < -0.4 is 20.9 Å². The van der Waals surface area contributed by atoms with Gasteiger partial charge >= 0.3 is 0 Å². The summed E-state index contributed by atoms with van der Waals surface area (Å²) in [5.74, 6) is 0.816. The van der Waals surface area contributed by atoms with E-state index in [0.717, 1.165) is 46.9 Å². The van der Waals surface area contributed by atoms with Gasteiger partial charge in [-0.05, 0) is 30.7 Å². The largest absolute Gasteiger partial charge is 0.395 e. The Kier molecular flexibility index (Phi) is 4.93. The monoisotopic (exact) mass is 364 g/mol. The lowest BCUT2D eigenvalue weighted by Gasteiger charge is -2.16. The first-order valence-corrected chi connectivity index (χ1v) is 9.24. The molecule has 27 heavy (non-hydrogen) atoms. The molecular weight excluding hydrogens is 340 g/mol. The summed E-state index contributed by atoms with van der Waals surface area (Å²) in [5.41, 5.74) is 5.37. The van der Waals surface area contributed by atoms with E-state index < -0.39 is 0 Å². The molecule has 7 nitrogen and oxygen atoms in total. The smallest absolute Gasteiger partial charge is 0.137 e. The molecule has 0 saturated heterocycles. The Balaban J connectivity index is 1.60. The van der Waals surface area contributed by atoms with Gasteiger partial charge in [0.1, 0.15) is 12.1 Å². The second-order valence-electron chi connectivity index (χ2n) is 6.46. The summed E-state index contributed by atoms with van der Waals surface area (Å²) in [4.78, 5) is 11.2. The molecule has 2 heterocycles. The maximum absolute atomic E-state index is 9.05. The van der Waals surface area contributed by atoms with E-state index >= 15 is 0 Å². The maximum atomic E-state index is 9.05. The summed E-state index contributed by atoms with van der Waals surface area (Å²) in [7, 11) is 0. The summed E-state index contributed by atoms with van der Waals surface area (Å²) < 4.78 is 0. The van der Waals surface area contributed by atoms with Gasteiger partial charge in [-0.1, -0.05) is 18.2 Å². The third-order valence-corrected chi connectivity index (χ3v) is 4.83. The predicted octanol–water partition coefficient (Wildman–Crippen LogP) is 2.86. The Bertz CT molecular complexity index is 945. The number of rotatable bonds is 7. The Morgan fingerprint density at radius 3 is 2.93 bits per heavy atom. The minimum absolute atomic E-state index is 0.102. The van der Waals surface area contributed by atoms with Crippen molar-refractivity contribution in [2.24, 2.45) is 0 Å². The van der Waals surface area contributed by atoms with Crippen molar-refractivity contribution in [1.82, 2.24) is 9.97 Å². The minimum Gasteiger partial charge on any atom is -0.395 e. The van der Waals surface area contributed by atoms with E-state index in [-0.39, 0.29) is 6.61 Å². The van der Waals surface area contributed by atoms with E-state index in [1.807, 2.05) is 18.2 Å². The average Bonchev–Trinajstić information content (AvgIpc) is 3.11. The molecule has 0 spiro atoms. The molecule has 0 fully saturated rings. The fourth-order valence-electron chi connectivity index (χ4n) is 3.40. The minimum atomic E-state index is 0.102. The quantitative estimate of drug-likeness (QED) is 0.513.